The summed E-state index contributed by atoms with van der Waals surface area (Å²) in [5.41, 5.74) is -0.113. The molecule has 2 aromatic carbocycles. The van der Waals surface area contributed by atoms with Gasteiger partial charge in [0.05, 0.1) is 18.1 Å². The maximum atomic E-state index is 11.9. The highest BCUT2D eigenvalue weighted by Gasteiger charge is 2.21. The van der Waals surface area contributed by atoms with Gasteiger partial charge in [-0.15, -0.1) is 0 Å². The number of hydrogen-bond acceptors (Lipinski definition) is 7. The summed E-state index contributed by atoms with van der Waals surface area (Å²) in [6.07, 6.45) is -1.53. The molecule has 0 saturated carbocycles. The van der Waals surface area contributed by atoms with Gasteiger partial charge in [0.25, 0.3) is 11.6 Å². The number of esters is 1. The van der Waals surface area contributed by atoms with Crippen molar-refractivity contribution in [2.75, 3.05) is 19.0 Å². The minimum atomic E-state index is -1.53. The molecule has 1 amide bonds. The normalized spacial score (nSPS) is 11.3. The number of hydrogen-bond donors (Lipinski definition) is 2. The number of nitrogens with one attached hydrogen (secondary N) is 1. The van der Waals surface area contributed by atoms with Gasteiger partial charge in [0.15, 0.2) is 12.7 Å². The van der Waals surface area contributed by atoms with Crippen molar-refractivity contribution < 1.29 is 29.1 Å². The Morgan fingerprint density at radius 2 is 1.92 bits per heavy atom. The van der Waals surface area contributed by atoms with Gasteiger partial charge in [-0.1, -0.05) is 30.3 Å². The molecule has 0 bridgehead atoms. The Labute approximate surface area is 148 Å². The molecule has 0 radical (unpaired) electrons. The summed E-state index contributed by atoms with van der Waals surface area (Å²) in [6.45, 7) is -0.702. The van der Waals surface area contributed by atoms with E-state index in [1.165, 1.54) is 31.4 Å². The van der Waals surface area contributed by atoms with Crippen molar-refractivity contribution in [2.24, 2.45) is 0 Å². The fraction of sp³-hybridized carbons (Fsp3) is 0.176. The minimum absolute atomic E-state index is 0.0690. The second kappa shape index (κ2) is 8.58. The van der Waals surface area contributed by atoms with E-state index in [0.29, 0.717) is 5.56 Å². The number of aliphatic hydroxyl groups is 1. The van der Waals surface area contributed by atoms with Crippen LogP contribution in [0.4, 0.5) is 11.4 Å². The number of ether oxygens (including phenoxy) is 2. The molecule has 0 aliphatic heterocycles. The van der Waals surface area contributed by atoms with E-state index < -0.39 is 29.5 Å². The first-order valence-corrected chi connectivity index (χ1v) is 7.44. The highest BCUT2D eigenvalue weighted by atomic mass is 16.6. The predicted molar refractivity (Wildman–Crippen MR) is 90.6 cm³/mol. The van der Waals surface area contributed by atoms with Crippen molar-refractivity contribution in [3.05, 3.63) is 64.2 Å². The fourth-order valence-corrected chi connectivity index (χ4v) is 2.07. The van der Waals surface area contributed by atoms with Crippen LogP contribution < -0.4 is 10.1 Å². The second-order valence-electron chi connectivity index (χ2n) is 5.11. The lowest BCUT2D eigenvalue weighted by Gasteiger charge is -2.11. The topological polar surface area (TPSA) is 128 Å². The summed E-state index contributed by atoms with van der Waals surface area (Å²) in [5, 5.41) is 23.2. The summed E-state index contributed by atoms with van der Waals surface area (Å²) in [6, 6.07) is 12.0. The van der Waals surface area contributed by atoms with E-state index in [0.717, 1.165) is 6.07 Å². The quantitative estimate of drug-likeness (QED) is 0.438. The number of anilines is 1. The van der Waals surface area contributed by atoms with Gasteiger partial charge in [0.1, 0.15) is 11.4 Å². The van der Waals surface area contributed by atoms with E-state index in [1.807, 2.05) is 0 Å². The summed E-state index contributed by atoms with van der Waals surface area (Å²) in [4.78, 5) is 34.1. The molecule has 0 unspecified atom stereocenters. The van der Waals surface area contributed by atoms with E-state index >= 15 is 0 Å². The molecule has 0 aromatic heterocycles. The van der Waals surface area contributed by atoms with Crippen LogP contribution in [-0.2, 0) is 14.3 Å². The second-order valence-corrected chi connectivity index (χ2v) is 5.11. The largest absolute Gasteiger partial charge is 0.496 e. The van der Waals surface area contributed by atoms with Crippen molar-refractivity contribution in [1.29, 1.82) is 0 Å². The molecule has 0 spiro atoms. The molecule has 0 saturated heterocycles. The molecule has 0 fully saturated rings. The van der Waals surface area contributed by atoms with Gasteiger partial charge >= 0.3 is 5.97 Å². The van der Waals surface area contributed by atoms with E-state index in [1.54, 1.807) is 18.2 Å². The van der Waals surface area contributed by atoms with Crippen LogP contribution in [0.25, 0.3) is 0 Å². The number of benzene rings is 2. The number of nitro groups is 1. The molecule has 9 nitrogen and oxygen atoms in total. The summed E-state index contributed by atoms with van der Waals surface area (Å²) in [7, 11) is 1.36. The lowest BCUT2D eigenvalue weighted by Crippen LogP contribution is -2.24. The Morgan fingerprint density at radius 3 is 2.54 bits per heavy atom. The van der Waals surface area contributed by atoms with Crippen molar-refractivity contribution in [3.63, 3.8) is 0 Å². The van der Waals surface area contributed by atoms with Crippen LogP contribution >= 0.6 is 0 Å². The average molecular weight is 360 g/mol. The summed E-state index contributed by atoms with van der Waals surface area (Å²) < 4.78 is 9.64. The molecule has 0 aliphatic carbocycles. The first-order chi connectivity index (χ1) is 12.4. The van der Waals surface area contributed by atoms with Crippen LogP contribution in [0.15, 0.2) is 48.5 Å². The minimum Gasteiger partial charge on any atom is -0.496 e. The Kier molecular flexibility index (Phi) is 6.23. The molecule has 0 aliphatic rings. The number of carbonyl (C=O) groups is 2. The third kappa shape index (κ3) is 4.77. The number of nitro benzene ring substituents is 1. The molecule has 136 valence electrons. The zero-order valence-electron chi connectivity index (χ0n) is 13.7. The summed E-state index contributed by atoms with van der Waals surface area (Å²) in [5.74, 6) is -1.53. The van der Waals surface area contributed by atoms with Gasteiger partial charge in [-0.3, -0.25) is 14.9 Å². The van der Waals surface area contributed by atoms with Crippen LogP contribution in [-0.4, -0.2) is 35.6 Å². The standard InChI is InChI=1S/C17H16N2O7/c1-25-12-7-8-13(14(9-12)19(23)24)18-15(20)10-26-17(22)16(21)11-5-3-2-4-6-11/h2-9,16,21H,10H2,1H3,(H,18,20)/t16-/m1/s1. The van der Waals surface area contributed by atoms with Crippen molar-refractivity contribution >= 4 is 23.3 Å². The number of amides is 1. The molecule has 2 N–H and O–H groups in total. The maximum absolute atomic E-state index is 11.9. The molecule has 0 heterocycles. The van der Waals surface area contributed by atoms with Crippen molar-refractivity contribution in [1.82, 2.24) is 0 Å². The predicted octanol–water partition coefficient (Wildman–Crippen LogP) is 1.82. The maximum Gasteiger partial charge on any atom is 0.340 e. The third-order valence-electron chi connectivity index (χ3n) is 3.36. The van der Waals surface area contributed by atoms with Crippen molar-refractivity contribution in [2.45, 2.75) is 6.10 Å². The number of carbonyl (C=O) groups excluding carboxylic acids is 2. The fourth-order valence-electron chi connectivity index (χ4n) is 2.07. The Morgan fingerprint density at radius 1 is 1.23 bits per heavy atom. The molecular weight excluding hydrogens is 344 g/mol. The molecular formula is C17H16N2O7. The zero-order valence-corrected chi connectivity index (χ0v) is 13.7. The van der Waals surface area contributed by atoms with Crippen LogP contribution in [0.3, 0.4) is 0 Å². The van der Waals surface area contributed by atoms with Gasteiger partial charge < -0.3 is 19.9 Å². The van der Waals surface area contributed by atoms with Gasteiger partial charge in [0.2, 0.25) is 0 Å². The van der Waals surface area contributed by atoms with Gasteiger partial charge in [-0.05, 0) is 17.7 Å². The first kappa shape index (κ1) is 18.9. The Bertz CT molecular complexity index is 808. The van der Waals surface area contributed by atoms with Gasteiger partial charge in [0, 0.05) is 0 Å². The monoisotopic (exact) mass is 360 g/mol. The molecule has 2 rings (SSSR count). The Balaban J connectivity index is 1.97. The molecule has 9 heteroatoms. The number of aliphatic hydroxyl groups excluding tert-OH is 1. The van der Waals surface area contributed by atoms with E-state index in [4.69, 9.17) is 9.47 Å². The molecule has 1 atom stereocenters. The van der Waals surface area contributed by atoms with E-state index in [-0.39, 0.29) is 17.1 Å². The number of methoxy groups -OCH3 is 1. The third-order valence-corrected chi connectivity index (χ3v) is 3.36. The molecule has 26 heavy (non-hydrogen) atoms. The van der Waals surface area contributed by atoms with Crippen LogP contribution in [0.5, 0.6) is 5.75 Å². The van der Waals surface area contributed by atoms with Crippen LogP contribution in [0.1, 0.15) is 11.7 Å². The zero-order chi connectivity index (χ0) is 19.1. The average Bonchev–Trinajstić information content (AvgIpc) is 2.66. The Hall–Kier alpha value is -3.46. The lowest BCUT2D eigenvalue weighted by molar-refractivity contribution is -0.384. The van der Waals surface area contributed by atoms with Crippen LogP contribution in [0.2, 0.25) is 0 Å². The highest BCUT2D eigenvalue weighted by Crippen LogP contribution is 2.28. The van der Waals surface area contributed by atoms with Crippen LogP contribution in [0, 0.1) is 10.1 Å². The summed E-state index contributed by atoms with van der Waals surface area (Å²) >= 11 is 0. The SMILES string of the molecule is COc1ccc(NC(=O)COC(=O)[C@H](O)c2ccccc2)c([N+](=O)[O-])c1. The smallest absolute Gasteiger partial charge is 0.340 e. The van der Waals surface area contributed by atoms with Gasteiger partial charge in [-0.2, -0.15) is 0 Å². The highest BCUT2D eigenvalue weighted by molar-refractivity contribution is 5.95. The number of nitrogens with zero attached hydrogens (tertiary/aromatic N) is 1. The van der Waals surface area contributed by atoms with Gasteiger partial charge in [-0.25, -0.2) is 4.79 Å². The van der Waals surface area contributed by atoms with E-state index in [9.17, 15) is 24.8 Å². The number of rotatable bonds is 7. The van der Waals surface area contributed by atoms with Crippen molar-refractivity contribution in [3.8, 4) is 5.75 Å². The van der Waals surface area contributed by atoms with E-state index in [2.05, 4.69) is 5.32 Å². The first-order valence-electron chi connectivity index (χ1n) is 7.44. The molecule has 2 aromatic rings. The lowest BCUT2D eigenvalue weighted by atomic mass is 10.1.